The first-order valence-electron chi connectivity index (χ1n) is 8.62. The van der Waals surface area contributed by atoms with Crippen LogP contribution in [0.1, 0.15) is 32.3 Å². The van der Waals surface area contributed by atoms with E-state index in [0.29, 0.717) is 5.02 Å². The lowest BCUT2D eigenvalue weighted by molar-refractivity contribution is -0.131. The summed E-state index contributed by atoms with van der Waals surface area (Å²) in [6, 6.07) is 5.09. The minimum absolute atomic E-state index is 0.0927. The van der Waals surface area contributed by atoms with Crippen LogP contribution in [-0.2, 0) is 16.1 Å². The summed E-state index contributed by atoms with van der Waals surface area (Å²) in [5.41, 5.74) is 0.725. The molecule has 3 N–H and O–H groups in total. The van der Waals surface area contributed by atoms with Crippen LogP contribution in [0.15, 0.2) is 24.3 Å². The van der Waals surface area contributed by atoms with Gasteiger partial charge in [0.2, 0.25) is 5.91 Å². The molecule has 1 fully saturated rings. The molecule has 142 valence electrons. The molecule has 1 aliphatic rings. The predicted molar refractivity (Wildman–Crippen MR) is 97.4 cm³/mol. The number of amides is 4. The zero-order valence-corrected chi connectivity index (χ0v) is 15.6. The summed E-state index contributed by atoms with van der Waals surface area (Å²) >= 11 is 5.92. The van der Waals surface area contributed by atoms with Crippen LogP contribution in [0.25, 0.3) is 0 Å². The second-order valence-electron chi connectivity index (χ2n) is 6.50. The molecule has 0 bridgehead atoms. The molecular weight excluding hydrogens is 358 g/mol. The summed E-state index contributed by atoms with van der Waals surface area (Å²) in [6.07, 6.45) is 0.640. The highest BCUT2D eigenvalue weighted by Gasteiger charge is 2.39. The van der Waals surface area contributed by atoms with Crippen LogP contribution in [0.5, 0.6) is 0 Å². The number of halogens is 1. The Morgan fingerprint density at radius 2 is 2.15 bits per heavy atom. The molecule has 0 aromatic heterocycles. The van der Waals surface area contributed by atoms with Crippen molar-refractivity contribution in [3.8, 4) is 0 Å². The van der Waals surface area contributed by atoms with Crippen molar-refractivity contribution in [2.45, 2.75) is 45.3 Å². The smallest absolute Gasteiger partial charge is 0.325 e. The Labute approximate surface area is 157 Å². The van der Waals surface area contributed by atoms with E-state index < -0.39 is 18.0 Å². The van der Waals surface area contributed by atoms with Crippen molar-refractivity contribution in [1.82, 2.24) is 15.5 Å². The summed E-state index contributed by atoms with van der Waals surface area (Å²) < 4.78 is 0. The second-order valence-corrected chi connectivity index (χ2v) is 6.94. The van der Waals surface area contributed by atoms with E-state index in [0.717, 1.165) is 16.9 Å². The predicted octanol–water partition coefficient (Wildman–Crippen LogP) is 1.67. The van der Waals surface area contributed by atoms with Crippen molar-refractivity contribution in [2.24, 2.45) is 5.92 Å². The average molecular weight is 382 g/mol. The molecule has 26 heavy (non-hydrogen) atoms. The zero-order valence-electron chi connectivity index (χ0n) is 14.9. The van der Waals surface area contributed by atoms with Crippen molar-refractivity contribution < 1.29 is 19.5 Å². The maximum Gasteiger partial charge on any atom is 0.325 e. The highest BCUT2D eigenvalue weighted by Crippen LogP contribution is 2.17. The summed E-state index contributed by atoms with van der Waals surface area (Å²) in [5, 5.41) is 15.2. The van der Waals surface area contributed by atoms with E-state index in [2.05, 4.69) is 10.6 Å². The van der Waals surface area contributed by atoms with Gasteiger partial charge in [0.05, 0.1) is 25.6 Å². The van der Waals surface area contributed by atoms with Crippen molar-refractivity contribution >= 4 is 29.4 Å². The maximum atomic E-state index is 12.5. The normalized spacial score (nSPS) is 19.2. The highest BCUT2D eigenvalue weighted by atomic mass is 35.5. The number of imide groups is 1. The Balaban J connectivity index is 1.96. The molecule has 7 nitrogen and oxygen atoms in total. The van der Waals surface area contributed by atoms with Gasteiger partial charge in [0.25, 0.3) is 5.91 Å². The number of rotatable bonds is 8. The molecule has 2 rings (SSSR count). The maximum absolute atomic E-state index is 12.5. The van der Waals surface area contributed by atoms with Crippen molar-refractivity contribution in [3.63, 3.8) is 0 Å². The number of carbonyl (C=O) groups excluding carboxylic acids is 3. The van der Waals surface area contributed by atoms with Gasteiger partial charge < -0.3 is 15.7 Å². The fourth-order valence-electron chi connectivity index (χ4n) is 2.79. The first-order chi connectivity index (χ1) is 12.3. The molecule has 0 unspecified atom stereocenters. The Hall–Kier alpha value is -2.12. The summed E-state index contributed by atoms with van der Waals surface area (Å²) in [4.78, 5) is 37.8. The first-order valence-corrected chi connectivity index (χ1v) is 9.00. The third-order valence-electron chi connectivity index (χ3n) is 4.60. The number of hydrogen-bond donors (Lipinski definition) is 3. The topological polar surface area (TPSA) is 98.7 Å². The minimum Gasteiger partial charge on any atom is -0.394 e. The lowest BCUT2D eigenvalue weighted by Crippen LogP contribution is -2.44. The standard InChI is InChI=1S/C18H24ClN3O4/c1-3-11(2)15(10-23)20-16(24)8-14-17(25)22(18(26)21-14)9-12-5-4-6-13(19)7-12/h4-7,11,14-15,23H,3,8-10H2,1-2H3,(H,20,24)(H,21,26)/t11-,14-,15-/m0/s1. The fraction of sp³-hybridized carbons (Fsp3) is 0.500. The third kappa shape index (κ3) is 4.95. The SMILES string of the molecule is CC[C@H](C)[C@H](CO)NC(=O)C[C@@H]1NC(=O)N(Cc2cccc(Cl)c2)C1=O. The summed E-state index contributed by atoms with van der Waals surface area (Å²) in [5.74, 6) is -0.723. The lowest BCUT2D eigenvalue weighted by atomic mass is 9.99. The Morgan fingerprint density at radius 3 is 2.77 bits per heavy atom. The van der Waals surface area contributed by atoms with E-state index in [9.17, 15) is 19.5 Å². The number of urea groups is 1. The fourth-order valence-corrected chi connectivity index (χ4v) is 3.00. The number of hydrogen-bond acceptors (Lipinski definition) is 4. The van der Waals surface area contributed by atoms with Crippen molar-refractivity contribution in [1.29, 1.82) is 0 Å². The molecule has 1 aliphatic heterocycles. The van der Waals surface area contributed by atoms with Crippen LogP contribution in [0.2, 0.25) is 5.02 Å². The average Bonchev–Trinajstić information content (AvgIpc) is 2.86. The number of nitrogens with one attached hydrogen (secondary N) is 2. The minimum atomic E-state index is -0.905. The van der Waals surface area contributed by atoms with Gasteiger partial charge in [-0.1, -0.05) is 44.0 Å². The molecular formula is C18H24ClN3O4. The van der Waals surface area contributed by atoms with E-state index in [1.54, 1.807) is 24.3 Å². The highest BCUT2D eigenvalue weighted by molar-refractivity contribution is 6.30. The van der Waals surface area contributed by atoms with Gasteiger partial charge in [-0.15, -0.1) is 0 Å². The molecule has 1 heterocycles. The van der Waals surface area contributed by atoms with Gasteiger partial charge in [0.15, 0.2) is 0 Å². The van der Waals surface area contributed by atoms with Crippen LogP contribution in [0, 0.1) is 5.92 Å². The van der Waals surface area contributed by atoms with E-state index in [1.165, 1.54) is 0 Å². The van der Waals surface area contributed by atoms with Gasteiger partial charge >= 0.3 is 6.03 Å². The molecule has 0 spiro atoms. The molecule has 4 amide bonds. The lowest BCUT2D eigenvalue weighted by Gasteiger charge is -2.22. The Morgan fingerprint density at radius 1 is 1.42 bits per heavy atom. The monoisotopic (exact) mass is 381 g/mol. The molecule has 3 atom stereocenters. The summed E-state index contributed by atoms with van der Waals surface area (Å²) in [7, 11) is 0. The van der Waals surface area contributed by atoms with Crippen LogP contribution < -0.4 is 10.6 Å². The molecule has 0 aliphatic carbocycles. The van der Waals surface area contributed by atoms with Gasteiger partial charge in [-0.25, -0.2) is 4.79 Å². The number of benzene rings is 1. The molecule has 0 radical (unpaired) electrons. The largest absolute Gasteiger partial charge is 0.394 e. The molecule has 1 saturated heterocycles. The first kappa shape index (κ1) is 20.2. The number of nitrogens with zero attached hydrogens (tertiary/aromatic N) is 1. The van der Waals surface area contributed by atoms with Crippen LogP contribution >= 0.6 is 11.6 Å². The Kier molecular flexibility index (Phi) is 6.99. The number of aliphatic hydroxyl groups excluding tert-OH is 1. The van der Waals surface area contributed by atoms with Gasteiger partial charge in [-0.2, -0.15) is 0 Å². The van der Waals surface area contributed by atoms with Crippen LogP contribution in [0.4, 0.5) is 4.79 Å². The van der Waals surface area contributed by atoms with Crippen LogP contribution in [0.3, 0.4) is 0 Å². The third-order valence-corrected chi connectivity index (χ3v) is 4.84. The summed E-state index contributed by atoms with van der Waals surface area (Å²) in [6.45, 7) is 3.81. The van der Waals surface area contributed by atoms with E-state index in [1.807, 2.05) is 13.8 Å². The van der Waals surface area contributed by atoms with Crippen LogP contribution in [-0.4, -0.2) is 46.5 Å². The van der Waals surface area contributed by atoms with Gasteiger partial charge in [-0.05, 0) is 23.6 Å². The molecule has 1 aromatic rings. The second kappa shape index (κ2) is 9.00. The zero-order chi connectivity index (χ0) is 19.3. The van der Waals surface area contributed by atoms with Crippen molar-refractivity contribution in [3.05, 3.63) is 34.9 Å². The molecule has 0 saturated carbocycles. The van der Waals surface area contributed by atoms with E-state index >= 15 is 0 Å². The quantitative estimate of drug-likeness (QED) is 0.596. The van der Waals surface area contributed by atoms with E-state index in [-0.39, 0.29) is 37.4 Å². The number of carbonyl (C=O) groups is 3. The van der Waals surface area contributed by atoms with Crippen molar-refractivity contribution in [2.75, 3.05) is 6.61 Å². The Bertz CT molecular complexity index is 682. The van der Waals surface area contributed by atoms with Gasteiger partial charge in [0, 0.05) is 5.02 Å². The molecule has 8 heteroatoms. The van der Waals surface area contributed by atoms with E-state index in [4.69, 9.17) is 11.6 Å². The van der Waals surface area contributed by atoms with Gasteiger partial charge in [0.1, 0.15) is 6.04 Å². The number of aliphatic hydroxyl groups is 1. The van der Waals surface area contributed by atoms with Gasteiger partial charge in [-0.3, -0.25) is 14.5 Å². The molecule has 1 aromatic carbocycles.